The maximum atomic E-state index is 16.9. The van der Waals surface area contributed by atoms with E-state index in [4.69, 9.17) is 25.8 Å². The number of halogens is 4. The van der Waals surface area contributed by atoms with E-state index in [9.17, 15) is 18.8 Å². The summed E-state index contributed by atoms with van der Waals surface area (Å²) < 4.78 is 56.5. The lowest BCUT2D eigenvalue weighted by Gasteiger charge is -2.41. The number of fused-ring (bicyclic) bond motifs is 3. The number of rotatable bonds is 9. The van der Waals surface area contributed by atoms with Crippen LogP contribution in [-0.2, 0) is 4.79 Å². The van der Waals surface area contributed by atoms with Crippen LogP contribution in [0.3, 0.4) is 0 Å². The lowest BCUT2D eigenvalue weighted by atomic mass is 9.95. The number of alkyl halides is 2. The molecule has 2 aromatic carbocycles. The van der Waals surface area contributed by atoms with Gasteiger partial charge in [0.25, 0.3) is 5.89 Å². The number of hydrogen-bond acceptors (Lipinski definition) is 11. The molecular weight excluding hydrogens is 735 g/mol. The summed E-state index contributed by atoms with van der Waals surface area (Å²) in [5, 5.41) is 15.8. The summed E-state index contributed by atoms with van der Waals surface area (Å²) in [6.45, 7) is 1.93. The van der Waals surface area contributed by atoms with Crippen LogP contribution in [0.25, 0.3) is 39.0 Å². The first kappa shape index (κ1) is 35.4. The van der Waals surface area contributed by atoms with Crippen LogP contribution in [0, 0.1) is 17.1 Å². The topological polar surface area (TPSA) is 137 Å². The number of anilines is 1. The highest BCUT2D eigenvalue weighted by Gasteiger charge is 2.49. The van der Waals surface area contributed by atoms with Crippen molar-refractivity contribution in [3.8, 4) is 23.3 Å². The Bertz CT molecular complexity index is 2380. The van der Waals surface area contributed by atoms with Gasteiger partial charge in [-0.1, -0.05) is 47.1 Å². The van der Waals surface area contributed by atoms with Gasteiger partial charge in [0.2, 0.25) is 5.91 Å². The summed E-state index contributed by atoms with van der Waals surface area (Å²) in [5.41, 5.74) is 0.0358. The van der Waals surface area contributed by atoms with Gasteiger partial charge in [-0.3, -0.25) is 14.7 Å². The molecule has 0 spiro atoms. The summed E-state index contributed by atoms with van der Waals surface area (Å²) in [6.07, 6.45) is 4.63. The van der Waals surface area contributed by atoms with Gasteiger partial charge in [-0.05, 0) is 37.3 Å². The molecular formula is C39H35ClF3N9O3. The summed E-state index contributed by atoms with van der Waals surface area (Å²) in [7, 11) is 0. The van der Waals surface area contributed by atoms with Gasteiger partial charge >= 0.3 is 6.01 Å². The van der Waals surface area contributed by atoms with E-state index < -0.39 is 29.7 Å². The Balaban J connectivity index is 1.05. The van der Waals surface area contributed by atoms with Gasteiger partial charge in [0, 0.05) is 66.9 Å². The minimum Gasteiger partial charge on any atom is -0.461 e. The molecule has 3 aromatic heterocycles. The highest BCUT2D eigenvalue weighted by Crippen LogP contribution is 2.43. The van der Waals surface area contributed by atoms with Gasteiger partial charge in [-0.25, -0.2) is 13.2 Å². The number of piperazine rings is 1. The SMILES string of the molecule is N#CC[C@H]1CN(c2nc(OC[C@@]34CCCN3C[C@H](F)C4)nc3c(F)c(-c4cccc5cccc(Cl)c45)ncc23)CCN1C(=O)/C=C/c1nc([C@H]2C[C@@H]2F)no1. The second-order valence-corrected chi connectivity index (χ2v) is 15.1. The first-order valence-corrected chi connectivity index (χ1v) is 18.7. The van der Waals surface area contributed by atoms with Crippen LogP contribution >= 0.6 is 11.6 Å². The van der Waals surface area contributed by atoms with Crippen LogP contribution in [0.4, 0.5) is 19.0 Å². The third-order valence-electron chi connectivity index (χ3n) is 11.2. The second-order valence-electron chi connectivity index (χ2n) is 14.7. The van der Waals surface area contributed by atoms with Crippen molar-refractivity contribution in [2.45, 2.75) is 61.9 Å². The van der Waals surface area contributed by atoms with Crippen molar-refractivity contribution in [1.82, 2.24) is 34.9 Å². The molecule has 0 N–H and O–H groups in total. The molecule has 282 valence electrons. The molecule has 5 atom stereocenters. The largest absolute Gasteiger partial charge is 0.461 e. The van der Waals surface area contributed by atoms with Crippen molar-refractivity contribution in [2.24, 2.45) is 0 Å². The molecule has 12 nitrogen and oxygen atoms in total. The van der Waals surface area contributed by atoms with E-state index in [1.54, 1.807) is 17.0 Å². The fourth-order valence-electron chi connectivity index (χ4n) is 8.41. The minimum atomic E-state index is -0.986. The number of carbonyl (C=O) groups is 1. The predicted octanol–water partition coefficient (Wildman–Crippen LogP) is 6.45. The Morgan fingerprint density at radius 2 is 1.96 bits per heavy atom. The van der Waals surface area contributed by atoms with E-state index in [0.29, 0.717) is 46.6 Å². The zero-order chi connectivity index (χ0) is 37.8. The summed E-state index contributed by atoms with van der Waals surface area (Å²) >= 11 is 6.62. The van der Waals surface area contributed by atoms with Gasteiger partial charge in [-0.2, -0.15) is 20.2 Å². The molecule has 1 amide bonds. The van der Waals surface area contributed by atoms with E-state index in [1.165, 1.54) is 18.3 Å². The fourth-order valence-corrected chi connectivity index (χ4v) is 8.69. The van der Waals surface area contributed by atoms with E-state index in [-0.39, 0.29) is 73.4 Å². The first-order valence-electron chi connectivity index (χ1n) is 18.4. The third-order valence-corrected chi connectivity index (χ3v) is 11.6. The van der Waals surface area contributed by atoms with Gasteiger partial charge in [0.15, 0.2) is 11.6 Å². The van der Waals surface area contributed by atoms with Crippen molar-refractivity contribution in [2.75, 3.05) is 44.2 Å². The van der Waals surface area contributed by atoms with E-state index in [0.717, 1.165) is 24.8 Å². The highest BCUT2D eigenvalue weighted by atomic mass is 35.5. The van der Waals surface area contributed by atoms with Crippen molar-refractivity contribution < 1.29 is 27.2 Å². The molecule has 0 unspecified atom stereocenters. The van der Waals surface area contributed by atoms with Crippen LogP contribution in [0.15, 0.2) is 53.2 Å². The molecule has 16 heteroatoms. The van der Waals surface area contributed by atoms with E-state index >= 15 is 4.39 Å². The Morgan fingerprint density at radius 3 is 2.78 bits per heavy atom. The Kier molecular flexibility index (Phi) is 9.05. The standard InChI is InChI=1S/C39H35ClF3N9O3/c40-28-7-2-5-22-4-1-6-25(32(22)28)34-33(43)35-27(18-45-34)37(48-38(47-35)54-21-39-11-3-13-51(39)19-23(41)17-39)50-14-15-52(24(20-50)10-12-44)31(53)9-8-30-46-36(49-55-30)26-16-29(26)42/h1-2,4-9,18,23-24,26,29H,3,10-11,13-17,19-21H2/b9-8+/t23-,24+,26+,29+,39+/m1/s1. The Morgan fingerprint density at radius 1 is 1.13 bits per heavy atom. The number of amides is 1. The third kappa shape index (κ3) is 6.50. The van der Waals surface area contributed by atoms with Crippen LogP contribution in [0.1, 0.15) is 49.7 Å². The molecule has 1 aliphatic carbocycles. The number of hydrogen-bond donors (Lipinski definition) is 0. The van der Waals surface area contributed by atoms with Crippen molar-refractivity contribution in [3.63, 3.8) is 0 Å². The highest BCUT2D eigenvalue weighted by molar-refractivity contribution is 6.36. The normalized spacial score (nSPS) is 25.2. The minimum absolute atomic E-state index is 0.00802. The van der Waals surface area contributed by atoms with E-state index in [2.05, 4.69) is 31.1 Å². The molecule has 0 bridgehead atoms. The quantitative estimate of drug-likeness (QED) is 0.153. The van der Waals surface area contributed by atoms with Crippen LogP contribution < -0.4 is 9.64 Å². The van der Waals surface area contributed by atoms with Crippen molar-refractivity contribution >= 4 is 51.1 Å². The molecule has 3 saturated heterocycles. The lowest BCUT2D eigenvalue weighted by Crippen LogP contribution is -2.55. The van der Waals surface area contributed by atoms with Gasteiger partial charge in [0.1, 0.15) is 36.0 Å². The predicted molar refractivity (Wildman–Crippen MR) is 197 cm³/mol. The maximum Gasteiger partial charge on any atom is 0.319 e. The van der Waals surface area contributed by atoms with Crippen LogP contribution in [-0.4, -0.2) is 104 Å². The second kappa shape index (κ2) is 14.1. The lowest BCUT2D eigenvalue weighted by molar-refractivity contribution is -0.128. The molecule has 55 heavy (non-hydrogen) atoms. The summed E-state index contributed by atoms with van der Waals surface area (Å²) in [6, 6.07) is 12.5. The molecule has 5 aromatic rings. The zero-order valence-electron chi connectivity index (χ0n) is 29.5. The number of ether oxygens (including phenoxy) is 1. The Hall–Kier alpha value is -5.33. The monoisotopic (exact) mass is 769 g/mol. The number of carbonyl (C=O) groups excluding carboxylic acids is 1. The molecule has 9 rings (SSSR count). The molecule has 1 saturated carbocycles. The smallest absolute Gasteiger partial charge is 0.319 e. The average molecular weight is 770 g/mol. The van der Waals surface area contributed by atoms with Crippen molar-refractivity contribution in [3.05, 3.63) is 71.2 Å². The molecule has 6 heterocycles. The average Bonchev–Trinajstić information content (AvgIpc) is 3.45. The number of nitrogens with zero attached hydrogens (tertiary/aromatic N) is 9. The Labute approximate surface area is 318 Å². The molecule has 0 radical (unpaired) electrons. The zero-order valence-corrected chi connectivity index (χ0v) is 30.3. The number of benzene rings is 2. The van der Waals surface area contributed by atoms with Crippen LogP contribution in [0.5, 0.6) is 6.01 Å². The summed E-state index contributed by atoms with van der Waals surface area (Å²) in [4.78, 5) is 37.2. The van der Waals surface area contributed by atoms with Gasteiger partial charge in [0.05, 0.1) is 35.4 Å². The number of pyridine rings is 1. The molecule has 4 fully saturated rings. The number of nitriles is 1. The van der Waals surface area contributed by atoms with E-state index in [1.807, 2.05) is 29.2 Å². The molecule has 4 aliphatic rings. The maximum absolute atomic E-state index is 16.9. The van der Waals surface area contributed by atoms with Gasteiger partial charge in [-0.15, -0.1) is 0 Å². The first-order chi connectivity index (χ1) is 26.7. The van der Waals surface area contributed by atoms with Crippen molar-refractivity contribution in [1.29, 1.82) is 5.26 Å². The fraction of sp³-hybridized carbons (Fsp3) is 0.410. The summed E-state index contributed by atoms with van der Waals surface area (Å²) in [5.74, 6) is -0.764. The molecule has 3 aliphatic heterocycles. The number of aromatic nitrogens is 5. The van der Waals surface area contributed by atoms with Crippen LogP contribution in [0.2, 0.25) is 5.02 Å². The van der Waals surface area contributed by atoms with Gasteiger partial charge < -0.3 is 19.1 Å².